The van der Waals surface area contributed by atoms with E-state index in [1.54, 1.807) is 0 Å². The third-order valence-corrected chi connectivity index (χ3v) is 5.09. The molecule has 1 aromatic heterocycles. The summed E-state index contributed by atoms with van der Waals surface area (Å²) in [7, 11) is 4.11. The molecule has 0 spiro atoms. The number of hydrogen-bond acceptors (Lipinski definition) is 5. The smallest absolute Gasteiger partial charge is 0.0726 e. The molecule has 1 aromatic rings. The van der Waals surface area contributed by atoms with E-state index in [4.69, 9.17) is 4.74 Å². The Kier molecular flexibility index (Phi) is 5.97. The van der Waals surface area contributed by atoms with E-state index in [2.05, 4.69) is 33.9 Å². The summed E-state index contributed by atoms with van der Waals surface area (Å²) in [6.07, 6.45) is 10.00. The van der Waals surface area contributed by atoms with Crippen molar-refractivity contribution in [3.8, 4) is 0 Å². The van der Waals surface area contributed by atoms with Crippen LogP contribution in [-0.4, -0.2) is 66.2 Å². The van der Waals surface area contributed by atoms with E-state index in [0.29, 0.717) is 0 Å². The molecule has 0 amide bonds. The molecular formula is C18H30N4O. The number of likely N-dealkylation sites (tertiary alicyclic amines) is 1. The monoisotopic (exact) mass is 318 g/mol. The highest BCUT2D eigenvalue weighted by molar-refractivity contribution is 5.03. The first-order chi connectivity index (χ1) is 11.2. The van der Waals surface area contributed by atoms with Crippen molar-refractivity contribution in [2.24, 2.45) is 5.92 Å². The van der Waals surface area contributed by atoms with Gasteiger partial charge in [0.25, 0.3) is 0 Å². The number of nitrogens with zero attached hydrogens (tertiary/aromatic N) is 4. The van der Waals surface area contributed by atoms with Crippen LogP contribution in [0.4, 0.5) is 0 Å². The van der Waals surface area contributed by atoms with Gasteiger partial charge in [0.2, 0.25) is 0 Å². The number of rotatable bonds is 5. The number of ether oxygens (including phenoxy) is 1. The van der Waals surface area contributed by atoms with Gasteiger partial charge in [0.15, 0.2) is 0 Å². The van der Waals surface area contributed by atoms with Gasteiger partial charge in [-0.15, -0.1) is 0 Å². The Labute approximate surface area is 140 Å². The van der Waals surface area contributed by atoms with Crippen molar-refractivity contribution in [2.75, 3.05) is 40.4 Å². The molecule has 2 fully saturated rings. The highest BCUT2D eigenvalue weighted by atomic mass is 16.5. The third kappa shape index (κ3) is 4.96. The second kappa shape index (κ2) is 8.18. The van der Waals surface area contributed by atoms with Crippen LogP contribution in [0.3, 0.4) is 0 Å². The molecule has 0 bridgehead atoms. The normalized spacial score (nSPS) is 21.9. The fourth-order valence-corrected chi connectivity index (χ4v) is 3.76. The van der Waals surface area contributed by atoms with Crippen molar-refractivity contribution in [3.63, 3.8) is 0 Å². The maximum atomic E-state index is 5.48. The van der Waals surface area contributed by atoms with Gasteiger partial charge in [0, 0.05) is 32.0 Å². The highest BCUT2D eigenvalue weighted by Gasteiger charge is 2.26. The van der Waals surface area contributed by atoms with Crippen LogP contribution in [0.1, 0.15) is 37.1 Å². The second-order valence-electron chi connectivity index (χ2n) is 7.26. The van der Waals surface area contributed by atoms with E-state index in [1.807, 2.05) is 12.4 Å². The maximum Gasteiger partial charge on any atom is 0.0726 e. The minimum atomic E-state index is 0.759. The van der Waals surface area contributed by atoms with E-state index in [0.717, 1.165) is 49.5 Å². The molecule has 0 atom stereocenters. The predicted octanol–water partition coefficient (Wildman–Crippen LogP) is 1.97. The van der Waals surface area contributed by atoms with Crippen molar-refractivity contribution in [1.29, 1.82) is 0 Å². The van der Waals surface area contributed by atoms with Crippen LogP contribution in [0.2, 0.25) is 0 Å². The lowest BCUT2D eigenvalue weighted by molar-refractivity contribution is 0.0211. The summed E-state index contributed by atoms with van der Waals surface area (Å²) in [5.74, 6) is 0.764. The Morgan fingerprint density at radius 3 is 2.30 bits per heavy atom. The molecule has 0 aromatic carbocycles. The second-order valence-corrected chi connectivity index (χ2v) is 7.26. The number of hydrogen-bond donors (Lipinski definition) is 0. The minimum Gasteiger partial charge on any atom is -0.381 e. The Morgan fingerprint density at radius 1 is 1.04 bits per heavy atom. The van der Waals surface area contributed by atoms with Crippen LogP contribution in [0.15, 0.2) is 12.4 Å². The summed E-state index contributed by atoms with van der Waals surface area (Å²) in [6.45, 7) is 5.22. The van der Waals surface area contributed by atoms with E-state index in [9.17, 15) is 0 Å². The molecule has 128 valence electrons. The van der Waals surface area contributed by atoms with Gasteiger partial charge in [0.1, 0.15) is 0 Å². The van der Waals surface area contributed by atoms with Gasteiger partial charge in [-0.05, 0) is 65.2 Å². The van der Waals surface area contributed by atoms with Gasteiger partial charge in [0.05, 0.1) is 17.6 Å². The molecule has 3 heterocycles. The van der Waals surface area contributed by atoms with Crippen molar-refractivity contribution in [1.82, 2.24) is 19.8 Å². The summed E-state index contributed by atoms with van der Waals surface area (Å²) in [5.41, 5.74) is 2.20. The fourth-order valence-electron chi connectivity index (χ4n) is 3.76. The molecule has 5 nitrogen and oxygen atoms in total. The molecule has 0 saturated carbocycles. The van der Waals surface area contributed by atoms with Crippen LogP contribution < -0.4 is 0 Å². The van der Waals surface area contributed by atoms with Crippen LogP contribution in [0, 0.1) is 5.92 Å². The lowest BCUT2D eigenvalue weighted by Gasteiger charge is -2.39. The summed E-state index contributed by atoms with van der Waals surface area (Å²) in [4.78, 5) is 14.0. The Balaban J connectivity index is 1.44. The molecule has 2 saturated heterocycles. The van der Waals surface area contributed by atoms with E-state index in [-0.39, 0.29) is 0 Å². The first-order valence-electron chi connectivity index (χ1n) is 8.97. The molecule has 0 aliphatic carbocycles. The number of piperidine rings is 1. The van der Waals surface area contributed by atoms with Crippen molar-refractivity contribution >= 4 is 0 Å². The Hall–Kier alpha value is -1.04. The van der Waals surface area contributed by atoms with Crippen molar-refractivity contribution < 1.29 is 4.74 Å². The topological polar surface area (TPSA) is 41.5 Å². The molecule has 3 rings (SSSR count). The zero-order valence-corrected chi connectivity index (χ0v) is 14.6. The summed E-state index contributed by atoms with van der Waals surface area (Å²) in [6, 6.07) is 0.759. The molecule has 0 radical (unpaired) electrons. The first-order valence-corrected chi connectivity index (χ1v) is 8.97. The average Bonchev–Trinajstić information content (AvgIpc) is 2.58. The fraction of sp³-hybridized carbons (Fsp3) is 0.778. The van der Waals surface area contributed by atoms with E-state index < -0.39 is 0 Å². The van der Waals surface area contributed by atoms with Gasteiger partial charge < -0.3 is 14.5 Å². The van der Waals surface area contributed by atoms with Crippen LogP contribution in [-0.2, 0) is 17.7 Å². The predicted molar refractivity (Wildman–Crippen MR) is 91.3 cm³/mol. The molecule has 2 aliphatic rings. The van der Waals surface area contributed by atoms with E-state index in [1.165, 1.54) is 38.8 Å². The van der Waals surface area contributed by atoms with Crippen molar-refractivity contribution in [3.05, 3.63) is 23.8 Å². The molecule has 23 heavy (non-hydrogen) atoms. The average molecular weight is 318 g/mol. The van der Waals surface area contributed by atoms with Crippen LogP contribution in [0.25, 0.3) is 0 Å². The summed E-state index contributed by atoms with van der Waals surface area (Å²) < 4.78 is 5.48. The third-order valence-electron chi connectivity index (χ3n) is 5.09. The Morgan fingerprint density at radius 2 is 1.70 bits per heavy atom. The Bertz CT molecular complexity index is 462. The van der Waals surface area contributed by atoms with E-state index >= 15 is 0 Å². The first kappa shape index (κ1) is 16.8. The van der Waals surface area contributed by atoms with Gasteiger partial charge in [-0.3, -0.25) is 9.97 Å². The molecule has 2 aliphatic heterocycles. The lowest BCUT2D eigenvalue weighted by Crippen LogP contribution is -2.44. The van der Waals surface area contributed by atoms with Gasteiger partial charge in [-0.2, -0.15) is 0 Å². The zero-order valence-electron chi connectivity index (χ0n) is 14.6. The quantitative estimate of drug-likeness (QED) is 0.830. The van der Waals surface area contributed by atoms with Gasteiger partial charge >= 0.3 is 0 Å². The van der Waals surface area contributed by atoms with Gasteiger partial charge in [-0.1, -0.05) is 0 Å². The lowest BCUT2D eigenvalue weighted by atomic mass is 9.90. The highest BCUT2D eigenvalue weighted by Crippen LogP contribution is 2.25. The van der Waals surface area contributed by atoms with Crippen molar-refractivity contribution in [2.45, 2.75) is 44.7 Å². The summed E-state index contributed by atoms with van der Waals surface area (Å²) >= 11 is 0. The molecule has 5 heteroatoms. The largest absolute Gasteiger partial charge is 0.381 e. The molecular weight excluding hydrogens is 288 g/mol. The number of aromatic nitrogens is 2. The zero-order chi connectivity index (χ0) is 16.1. The maximum absolute atomic E-state index is 5.48. The van der Waals surface area contributed by atoms with Crippen LogP contribution in [0.5, 0.6) is 0 Å². The van der Waals surface area contributed by atoms with Crippen LogP contribution >= 0.6 is 0 Å². The molecule has 0 unspecified atom stereocenters. The molecule has 0 N–H and O–H groups in total. The standard InChI is InChI=1S/C18H30N4O/c1-21(2)14-17-13-19-16(12-20-17)11-15-3-7-22(8-4-15)18-5-9-23-10-6-18/h12-13,15,18H,3-11,14H2,1-2H3. The SMILES string of the molecule is CN(C)Cc1cnc(CC2CCN(C3CCOCC3)CC2)cn1. The van der Waals surface area contributed by atoms with Gasteiger partial charge in [-0.25, -0.2) is 0 Å². The minimum absolute atomic E-state index is 0.759. The summed E-state index contributed by atoms with van der Waals surface area (Å²) in [5, 5.41) is 0.